The van der Waals surface area contributed by atoms with Crippen molar-refractivity contribution in [3.8, 4) is 10.4 Å². The van der Waals surface area contributed by atoms with Gasteiger partial charge in [-0.2, -0.15) is 0 Å². The summed E-state index contributed by atoms with van der Waals surface area (Å²) in [6.45, 7) is 1.78. The van der Waals surface area contributed by atoms with Crippen LogP contribution >= 0.6 is 23.1 Å². The Bertz CT molecular complexity index is 1020. The van der Waals surface area contributed by atoms with Crippen LogP contribution in [-0.4, -0.2) is 33.2 Å². The molecule has 0 bridgehead atoms. The Balaban J connectivity index is 1.44. The molecule has 2 heterocycles. The second kappa shape index (κ2) is 8.92. The molecule has 0 spiro atoms. The highest BCUT2D eigenvalue weighted by Gasteiger charge is 2.22. The first-order valence-corrected chi connectivity index (χ1v) is 11.4. The molecule has 3 amide bonds. The molecule has 2 N–H and O–H groups in total. The summed E-state index contributed by atoms with van der Waals surface area (Å²) in [5.74, 6) is -0.323. The van der Waals surface area contributed by atoms with Gasteiger partial charge in [0.15, 0.2) is 0 Å². The number of carbonyl (C=O) groups excluding carboxylic acids is 2. The molecule has 150 valence electrons. The zero-order valence-electron chi connectivity index (χ0n) is 16.1. The van der Waals surface area contributed by atoms with E-state index >= 15 is 0 Å². The molecule has 1 fully saturated rings. The van der Waals surface area contributed by atoms with E-state index in [-0.39, 0.29) is 11.9 Å². The first kappa shape index (κ1) is 19.8. The Morgan fingerprint density at radius 1 is 1.17 bits per heavy atom. The zero-order valence-corrected chi connectivity index (χ0v) is 17.7. The first-order valence-electron chi connectivity index (χ1n) is 9.68. The molecule has 6 nitrogen and oxygen atoms in total. The van der Waals surface area contributed by atoms with Crippen LogP contribution in [0.3, 0.4) is 0 Å². The fourth-order valence-electron chi connectivity index (χ4n) is 3.40. The number of rotatable bonds is 5. The van der Waals surface area contributed by atoms with Crippen LogP contribution in [0.25, 0.3) is 20.7 Å². The number of thiophene rings is 1. The lowest BCUT2D eigenvalue weighted by atomic mass is 10.2. The molecular weight excluding hydrogens is 404 g/mol. The fourth-order valence-corrected chi connectivity index (χ4v) is 5.36. The third-order valence-electron chi connectivity index (χ3n) is 4.94. The van der Waals surface area contributed by atoms with Gasteiger partial charge in [0.25, 0.3) is 0 Å². The van der Waals surface area contributed by atoms with Gasteiger partial charge in [0, 0.05) is 16.3 Å². The van der Waals surface area contributed by atoms with Crippen molar-refractivity contribution in [2.45, 2.75) is 48.9 Å². The lowest BCUT2D eigenvalue weighted by Gasteiger charge is -2.14. The summed E-state index contributed by atoms with van der Waals surface area (Å²) in [6, 6.07) is 11.9. The molecule has 8 heteroatoms. The minimum Gasteiger partial charge on any atom is -0.335 e. The number of fused-ring (bicyclic) bond motifs is 1. The lowest BCUT2D eigenvalue weighted by Crippen LogP contribution is -2.45. The molecule has 0 aliphatic heterocycles. The molecule has 3 aromatic rings. The number of hydrogen-bond donors (Lipinski definition) is 2. The number of amides is 3. The van der Waals surface area contributed by atoms with Crippen molar-refractivity contribution < 1.29 is 9.59 Å². The maximum absolute atomic E-state index is 12.5. The fraction of sp³-hybridized carbons (Fsp3) is 0.333. The number of imide groups is 1. The van der Waals surface area contributed by atoms with Crippen LogP contribution in [0.1, 0.15) is 32.6 Å². The number of hydrogen-bond acceptors (Lipinski definition) is 6. The van der Waals surface area contributed by atoms with E-state index in [0.717, 1.165) is 51.4 Å². The van der Waals surface area contributed by atoms with E-state index in [9.17, 15) is 9.59 Å². The third kappa shape index (κ3) is 4.76. The van der Waals surface area contributed by atoms with E-state index in [1.165, 1.54) is 18.1 Å². The average Bonchev–Trinajstić information content (AvgIpc) is 3.38. The number of aromatic nitrogens is 2. The molecular formula is C21H22N4O2S2. The van der Waals surface area contributed by atoms with E-state index in [4.69, 9.17) is 0 Å². The summed E-state index contributed by atoms with van der Waals surface area (Å²) in [5, 5.41) is 6.54. The molecule has 1 aromatic carbocycles. The van der Waals surface area contributed by atoms with Crippen LogP contribution in [0.4, 0.5) is 4.79 Å². The van der Waals surface area contributed by atoms with Crippen molar-refractivity contribution in [2.24, 2.45) is 0 Å². The Hall–Kier alpha value is -2.45. The van der Waals surface area contributed by atoms with Gasteiger partial charge in [-0.1, -0.05) is 54.9 Å². The molecule has 0 saturated heterocycles. The molecule has 0 radical (unpaired) electrons. The maximum Gasteiger partial charge on any atom is 0.321 e. The van der Waals surface area contributed by atoms with Crippen LogP contribution < -0.4 is 10.6 Å². The smallest absolute Gasteiger partial charge is 0.321 e. The van der Waals surface area contributed by atoms with Crippen LogP contribution in [0, 0.1) is 0 Å². The summed E-state index contributed by atoms with van der Waals surface area (Å²) in [5.41, 5.74) is 1.13. The van der Waals surface area contributed by atoms with Crippen LogP contribution in [-0.2, 0) is 4.79 Å². The van der Waals surface area contributed by atoms with Gasteiger partial charge in [-0.05, 0) is 31.4 Å². The van der Waals surface area contributed by atoms with Crippen molar-refractivity contribution in [2.75, 3.05) is 0 Å². The van der Waals surface area contributed by atoms with Crippen LogP contribution in [0.2, 0.25) is 0 Å². The molecule has 1 saturated carbocycles. The molecule has 1 aliphatic carbocycles. The second-order valence-electron chi connectivity index (χ2n) is 7.08. The molecule has 0 unspecified atom stereocenters. The highest BCUT2D eigenvalue weighted by atomic mass is 32.2. The minimum absolute atomic E-state index is 0.175. The standard InChI is InChI=1S/C21H22N4O2S2/c1-13(18(26)25-21(27)24-15-9-5-6-10-15)28-19-16-11-17(14-7-3-2-4-8-14)29-20(16)23-12-22-19/h2-4,7-8,11-13,15H,5-6,9-10H2,1H3,(H2,24,25,26,27)/t13-/m0/s1. The van der Waals surface area contributed by atoms with E-state index < -0.39 is 11.3 Å². The van der Waals surface area contributed by atoms with Crippen molar-refractivity contribution in [3.63, 3.8) is 0 Å². The second-order valence-corrected chi connectivity index (χ2v) is 9.44. The van der Waals surface area contributed by atoms with Gasteiger partial charge in [0.05, 0.1) is 5.25 Å². The van der Waals surface area contributed by atoms with Gasteiger partial charge in [-0.25, -0.2) is 14.8 Å². The summed E-state index contributed by atoms with van der Waals surface area (Å²) < 4.78 is 0. The van der Waals surface area contributed by atoms with Gasteiger partial charge in [-0.15, -0.1) is 11.3 Å². The lowest BCUT2D eigenvalue weighted by molar-refractivity contribution is -0.119. The van der Waals surface area contributed by atoms with Crippen molar-refractivity contribution in [1.82, 2.24) is 20.6 Å². The molecule has 2 aromatic heterocycles. The maximum atomic E-state index is 12.5. The quantitative estimate of drug-likeness (QED) is 0.460. The number of nitrogens with one attached hydrogen (secondary N) is 2. The molecule has 1 aliphatic rings. The Labute approximate surface area is 177 Å². The Kier molecular flexibility index (Phi) is 6.10. The predicted molar refractivity (Wildman–Crippen MR) is 117 cm³/mol. The van der Waals surface area contributed by atoms with Gasteiger partial charge in [-0.3, -0.25) is 10.1 Å². The van der Waals surface area contributed by atoms with Gasteiger partial charge >= 0.3 is 6.03 Å². The first-order chi connectivity index (χ1) is 14.1. The SMILES string of the molecule is C[C@H](Sc1ncnc2sc(-c3ccccc3)cc12)C(=O)NC(=O)NC1CCCC1. The predicted octanol–water partition coefficient (Wildman–Crippen LogP) is 4.61. The highest BCUT2D eigenvalue weighted by Crippen LogP contribution is 2.37. The van der Waals surface area contributed by atoms with Gasteiger partial charge in [0.2, 0.25) is 5.91 Å². The Morgan fingerprint density at radius 3 is 2.69 bits per heavy atom. The Morgan fingerprint density at radius 2 is 1.93 bits per heavy atom. The minimum atomic E-state index is -0.456. The monoisotopic (exact) mass is 426 g/mol. The van der Waals surface area contributed by atoms with E-state index in [1.807, 2.05) is 18.2 Å². The van der Waals surface area contributed by atoms with Crippen molar-refractivity contribution >= 4 is 45.3 Å². The zero-order chi connectivity index (χ0) is 20.2. The number of carbonyl (C=O) groups is 2. The number of thioether (sulfide) groups is 1. The van der Waals surface area contributed by atoms with Gasteiger partial charge < -0.3 is 5.32 Å². The summed E-state index contributed by atoms with van der Waals surface area (Å²) >= 11 is 2.94. The highest BCUT2D eigenvalue weighted by molar-refractivity contribution is 8.00. The number of urea groups is 1. The molecule has 1 atom stereocenters. The van der Waals surface area contributed by atoms with E-state index in [1.54, 1.807) is 18.3 Å². The summed E-state index contributed by atoms with van der Waals surface area (Å²) in [6.07, 6.45) is 5.73. The van der Waals surface area contributed by atoms with Crippen LogP contribution in [0.5, 0.6) is 0 Å². The summed E-state index contributed by atoms with van der Waals surface area (Å²) in [7, 11) is 0. The largest absolute Gasteiger partial charge is 0.335 e. The van der Waals surface area contributed by atoms with Crippen LogP contribution in [0.15, 0.2) is 47.8 Å². The molecule has 4 rings (SSSR count). The van der Waals surface area contributed by atoms with Gasteiger partial charge in [0.1, 0.15) is 16.2 Å². The average molecular weight is 427 g/mol. The number of benzene rings is 1. The van der Waals surface area contributed by atoms with Crippen molar-refractivity contribution in [1.29, 1.82) is 0 Å². The summed E-state index contributed by atoms with van der Waals surface area (Å²) in [4.78, 5) is 35.3. The normalized spacial score (nSPS) is 15.3. The topological polar surface area (TPSA) is 84.0 Å². The van der Waals surface area contributed by atoms with Crippen molar-refractivity contribution in [3.05, 3.63) is 42.7 Å². The number of nitrogens with zero attached hydrogens (tertiary/aromatic N) is 2. The van der Waals surface area contributed by atoms with E-state index in [0.29, 0.717) is 0 Å². The molecule has 29 heavy (non-hydrogen) atoms. The van der Waals surface area contributed by atoms with E-state index in [2.05, 4.69) is 38.8 Å². The third-order valence-corrected chi connectivity index (χ3v) is 7.14.